The van der Waals surface area contributed by atoms with Gasteiger partial charge in [0, 0.05) is 12.1 Å². The molecule has 2 rings (SSSR count). The van der Waals surface area contributed by atoms with Gasteiger partial charge >= 0.3 is 5.97 Å². The third-order valence-corrected chi connectivity index (χ3v) is 3.78. The molecule has 0 aromatic carbocycles. The number of aliphatic hydroxyl groups excluding tert-OH is 1. The first-order valence-corrected chi connectivity index (χ1v) is 5.21. The Morgan fingerprint density at radius 3 is 2.86 bits per heavy atom. The lowest BCUT2D eigenvalue weighted by Gasteiger charge is -2.39. The van der Waals surface area contributed by atoms with Crippen molar-refractivity contribution in [3.63, 3.8) is 0 Å². The molecule has 4 heteroatoms. The van der Waals surface area contributed by atoms with Crippen molar-refractivity contribution in [2.75, 3.05) is 7.05 Å². The van der Waals surface area contributed by atoms with Crippen molar-refractivity contribution in [1.82, 2.24) is 4.90 Å². The highest BCUT2D eigenvalue weighted by molar-refractivity contribution is 5.67. The molecule has 4 nitrogen and oxygen atoms in total. The topological polar surface area (TPSA) is 60.8 Å². The maximum Gasteiger partial charge on any atom is 0.303 e. The van der Waals surface area contributed by atoms with Crippen LogP contribution in [0.5, 0.6) is 0 Å². The van der Waals surface area contributed by atoms with Crippen molar-refractivity contribution in [2.24, 2.45) is 5.92 Å². The zero-order chi connectivity index (χ0) is 10.3. The highest BCUT2D eigenvalue weighted by Crippen LogP contribution is 2.38. The summed E-state index contributed by atoms with van der Waals surface area (Å²) in [7, 11) is 2.03. The van der Waals surface area contributed by atoms with E-state index < -0.39 is 12.1 Å². The molecule has 4 unspecified atom stereocenters. The minimum Gasteiger partial charge on any atom is -0.481 e. The van der Waals surface area contributed by atoms with Crippen LogP contribution in [0.4, 0.5) is 0 Å². The first-order chi connectivity index (χ1) is 6.59. The van der Waals surface area contributed by atoms with Crippen LogP contribution >= 0.6 is 0 Å². The molecule has 0 aromatic rings. The molecule has 2 fully saturated rings. The molecule has 0 amide bonds. The molecule has 0 radical (unpaired) electrons. The van der Waals surface area contributed by atoms with Gasteiger partial charge in [0.1, 0.15) is 0 Å². The van der Waals surface area contributed by atoms with E-state index >= 15 is 0 Å². The second-order valence-corrected chi connectivity index (χ2v) is 4.55. The Labute approximate surface area is 83.5 Å². The Kier molecular flexibility index (Phi) is 2.49. The van der Waals surface area contributed by atoms with Gasteiger partial charge in [0.2, 0.25) is 0 Å². The first-order valence-electron chi connectivity index (χ1n) is 5.21. The van der Waals surface area contributed by atoms with Gasteiger partial charge in [0.25, 0.3) is 0 Å². The number of nitrogens with zero attached hydrogens (tertiary/aromatic N) is 1. The summed E-state index contributed by atoms with van der Waals surface area (Å²) in [6, 6.07) is 0.686. The molecule has 0 aliphatic carbocycles. The van der Waals surface area contributed by atoms with Gasteiger partial charge in [-0.1, -0.05) is 0 Å². The third kappa shape index (κ3) is 1.53. The smallest absolute Gasteiger partial charge is 0.303 e. The number of rotatable bonds is 2. The molecule has 0 aromatic heterocycles. The molecule has 14 heavy (non-hydrogen) atoms. The fourth-order valence-electron chi connectivity index (χ4n) is 2.97. The Bertz CT molecular complexity index is 244. The van der Waals surface area contributed by atoms with Crippen LogP contribution in [-0.2, 0) is 4.79 Å². The second-order valence-electron chi connectivity index (χ2n) is 4.55. The van der Waals surface area contributed by atoms with Crippen LogP contribution in [0.15, 0.2) is 0 Å². The number of hydrogen-bond acceptors (Lipinski definition) is 3. The number of fused-ring (bicyclic) bond motifs is 2. The normalized spacial score (nSPS) is 42.7. The van der Waals surface area contributed by atoms with E-state index in [-0.39, 0.29) is 18.4 Å². The average molecular weight is 199 g/mol. The Hall–Kier alpha value is -0.610. The van der Waals surface area contributed by atoms with Gasteiger partial charge in [-0.05, 0) is 32.2 Å². The SMILES string of the molecule is CN1C2CCC1C(O)C(CC(=O)O)C2. The highest BCUT2D eigenvalue weighted by Gasteiger charge is 2.45. The minimum absolute atomic E-state index is 0.0406. The summed E-state index contributed by atoms with van der Waals surface area (Å²) in [5.74, 6) is -0.834. The van der Waals surface area contributed by atoms with Crippen molar-refractivity contribution in [3.05, 3.63) is 0 Å². The molecular formula is C10H17NO3. The number of carbonyl (C=O) groups is 1. The van der Waals surface area contributed by atoms with E-state index in [9.17, 15) is 9.90 Å². The molecular weight excluding hydrogens is 182 g/mol. The quantitative estimate of drug-likeness (QED) is 0.671. The average Bonchev–Trinajstić information content (AvgIpc) is 2.36. The zero-order valence-corrected chi connectivity index (χ0v) is 8.39. The lowest BCUT2D eigenvalue weighted by Crippen LogP contribution is -2.50. The largest absolute Gasteiger partial charge is 0.481 e. The molecule has 0 spiro atoms. The van der Waals surface area contributed by atoms with E-state index in [2.05, 4.69) is 4.90 Å². The number of hydrogen-bond donors (Lipinski definition) is 2. The Balaban J connectivity index is 2.06. The fraction of sp³-hybridized carbons (Fsp3) is 0.900. The zero-order valence-electron chi connectivity index (χ0n) is 8.39. The Morgan fingerprint density at radius 1 is 1.50 bits per heavy atom. The highest BCUT2D eigenvalue weighted by atomic mass is 16.4. The van der Waals surface area contributed by atoms with E-state index in [0.29, 0.717) is 6.04 Å². The lowest BCUT2D eigenvalue weighted by atomic mass is 9.86. The molecule has 4 atom stereocenters. The van der Waals surface area contributed by atoms with E-state index in [4.69, 9.17) is 5.11 Å². The molecule has 2 heterocycles. The minimum atomic E-state index is -0.794. The van der Waals surface area contributed by atoms with Gasteiger partial charge < -0.3 is 10.2 Å². The maximum atomic E-state index is 10.6. The maximum absolute atomic E-state index is 10.6. The number of likely N-dealkylation sites (N-methyl/N-ethyl adjacent to an activating group) is 1. The molecule has 2 aliphatic rings. The van der Waals surface area contributed by atoms with Crippen LogP contribution in [0.3, 0.4) is 0 Å². The first kappa shape index (κ1) is 9.93. The number of aliphatic hydroxyl groups is 1. The molecule has 2 saturated heterocycles. The van der Waals surface area contributed by atoms with Gasteiger partial charge in [0.05, 0.1) is 12.5 Å². The predicted molar refractivity (Wildman–Crippen MR) is 50.9 cm³/mol. The molecule has 2 bridgehead atoms. The van der Waals surface area contributed by atoms with Crippen molar-refractivity contribution < 1.29 is 15.0 Å². The van der Waals surface area contributed by atoms with Crippen LogP contribution in [0.1, 0.15) is 25.7 Å². The van der Waals surface area contributed by atoms with Gasteiger partial charge in [-0.15, -0.1) is 0 Å². The van der Waals surface area contributed by atoms with Crippen LogP contribution < -0.4 is 0 Å². The van der Waals surface area contributed by atoms with E-state index in [0.717, 1.165) is 19.3 Å². The van der Waals surface area contributed by atoms with E-state index in [1.54, 1.807) is 0 Å². The fourth-order valence-corrected chi connectivity index (χ4v) is 2.97. The molecule has 0 saturated carbocycles. The van der Waals surface area contributed by atoms with Crippen LogP contribution in [0.25, 0.3) is 0 Å². The van der Waals surface area contributed by atoms with Crippen molar-refractivity contribution >= 4 is 5.97 Å². The summed E-state index contributed by atoms with van der Waals surface area (Å²) in [6.07, 6.45) is 2.62. The summed E-state index contributed by atoms with van der Waals surface area (Å²) in [6.45, 7) is 0. The van der Waals surface area contributed by atoms with Crippen LogP contribution in [0, 0.1) is 5.92 Å². The summed E-state index contributed by atoms with van der Waals surface area (Å²) in [5.41, 5.74) is 0. The lowest BCUT2D eigenvalue weighted by molar-refractivity contribution is -0.140. The van der Waals surface area contributed by atoms with Crippen LogP contribution in [0.2, 0.25) is 0 Å². The number of aliphatic carboxylic acids is 1. The van der Waals surface area contributed by atoms with Gasteiger partial charge in [0.15, 0.2) is 0 Å². The summed E-state index contributed by atoms with van der Waals surface area (Å²) < 4.78 is 0. The Morgan fingerprint density at radius 2 is 2.21 bits per heavy atom. The van der Waals surface area contributed by atoms with Crippen molar-refractivity contribution in [3.8, 4) is 0 Å². The third-order valence-electron chi connectivity index (χ3n) is 3.78. The van der Waals surface area contributed by atoms with Gasteiger partial charge in [-0.25, -0.2) is 0 Å². The van der Waals surface area contributed by atoms with E-state index in [1.165, 1.54) is 0 Å². The van der Waals surface area contributed by atoms with E-state index in [1.807, 2.05) is 7.05 Å². The second kappa shape index (κ2) is 3.51. The molecule has 2 aliphatic heterocycles. The number of piperidine rings is 1. The van der Waals surface area contributed by atoms with Gasteiger partial charge in [-0.2, -0.15) is 0 Å². The predicted octanol–water partition coefficient (Wildman–Crippen LogP) is 0.305. The molecule has 80 valence electrons. The summed E-state index contributed by atoms with van der Waals surface area (Å²) >= 11 is 0. The monoisotopic (exact) mass is 199 g/mol. The summed E-state index contributed by atoms with van der Waals surface area (Å²) in [5, 5.41) is 18.7. The number of carboxylic acids is 1. The standard InChI is InChI=1S/C10H17NO3/c1-11-7-2-3-8(11)10(14)6(4-7)5-9(12)13/h6-8,10,14H,2-5H2,1H3,(H,12,13). The molecule has 2 N–H and O–H groups in total. The number of carboxylic acid groups (broad SMARTS) is 1. The van der Waals surface area contributed by atoms with Crippen LogP contribution in [-0.4, -0.2) is 46.3 Å². The van der Waals surface area contributed by atoms with Gasteiger partial charge in [-0.3, -0.25) is 9.69 Å². The summed E-state index contributed by atoms with van der Waals surface area (Å²) in [4.78, 5) is 12.8. The van der Waals surface area contributed by atoms with Crippen molar-refractivity contribution in [2.45, 2.75) is 43.9 Å². The van der Waals surface area contributed by atoms with Crippen molar-refractivity contribution in [1.29, 1.82) is 0 Å².